The zero-order valence-corrected chi connectivity index (χ0v) is 20.2. The van der Waals surface area contributed by atoms with E-state index in [0.29, 0.717) is 22.7 Å². The van der Waals surface area contributed by atoms with E-state index in [1.807, 2.05) is 31.2 Å². The monoisotopic (exact) mass is 478 g/mol. The van der Waals surface area contributed by atoms with Gasteiger partial charge >= 0.3 is 6.03 Å². The standard InChI is InChI=1S/C26H30N4O5/c1-4-17-9-5-6-10-19(17)27-24(31)16-30-25(32)20(28-26(30)33)13-18-14-23(35-3)21(15-22(18)34-2)29-11-7-8-12-29/h5-6,9-10,13-15H,4,7-8,11-12,16H2,1-3H3,(H,27,31)(H,28,33)/b20-13+. The number of ether oxygens (including phenoxy) is 2. The number of aryl methyl sites for hydroxylation is 1. The maximum Gasteiger partial charge on any atom is 0.329 e. The highest BCUT2D eigenvalue weighted by atomic mass is 16.5. The normalized spacial score (nSPS) is 16.6. The lowest BCUT2D eigenvalue weighted by Gasteiger charge is -2.22. The second kappa shape index (κ2) is 10.5. The maximum absolute atomic E-state index is 13.0. The quantitative estimate of drug-likeness (QED) is 0.446. The van der Waals surface area contributed by atoms with Gasteiger partial charge in [0.2, 0.25) is 5.91 Å². The van der Waals surface area contributed by atoms with Gasteiger partial charge in [0.05, 0.1) is 19.9 Å². The number of rotatable bonds is 8. The maximum atomic E-state index is 13.0. The van der Waals surface area contributed by atoms with Crippen LogP contribution in [0.4, 0.5) is 16.2 Å². The minimum Gasteiger partial charge on any atom is -0.496 e. The molecule has 2 aromatic carbocycles. The van der Waals surface area contributed by atoms with Gasteiger partial charge in [0.25, 0.3) is 5.91 Å². The molecule has 2 fully saturated rings. The number of urea groups is 1. The summed E-state index contributed by atoms with van der Waals surface area (Å²) in [7, 11) is 3.15. The fraction of sp³-hybridized carbons (Fsp3) is 0.346. The van der Waals surface area contributed by atoms with Crippen LogP contribution in [0.3, 0.4) is 0 Å². The van der Waals surface area contributed by atoms with Crippen LogP contribution >= 0.6 is 0 Å². The summed E-state index contributed by atoms with van der Waals surface area (Å²) in [6, 6.07) is 10.4. The molecule has 0 spiro atoms. The van der Waals surface area contributed by atoms with Gasteiger partial charge in [-0.05, 0) is 43.0 Å². The molecule has 184 valence electrons. The van der Waals surface area contributed by atoms with Crippen LogP contribution in [0.2, 0.25) is 0 Å². The lowest BCUT2D eigenvalue weighted by Crippen LogP contribution is -2.38. The van der Waals surface area contributed by atoms with Gasteiger partial charge in [0, 0.05) is 30.4 Å². The van der Waals surface area contributed by atoms with E-state index in [2.05, 4.69) is 15.5 Å². The molecule has 0 unspecified atom stereocenters. The highest BCUT2D eigenvalue weighted by Crippen LogP contribution is 2.38. The van der Waals surface area contributed by atoms with Gasteiger partial charge in [-0.15, -0.1) is 0 Å². The van der Waals surface area contributed by atoms with E-state index in [9.17, 15) is 14.4 Å². The van der Waals surface area contributed by atoms with Crippen molar-refractivity contribution in [3.05, 3.63) is 53.2 Å². The Morgan fingerprint density at radius 1 is 1.09 bits per heavy atom. The van der Waals surface area contributed by atoms with Crippen LogP contribution in [0.1, 0.15) is 30.9 Å². The minimum absolute atomic E-state index is 0.0611. The molecule has 0 radical (unpaired) electrons. The third-order valence-electron chi connectivity index (χ3n) is 6.21. The van der Waals surface area contributed by atoms with E-state index < -0.39 is 24.4 Å². The van der Waals surface area contributed by atoms with Crippen LogP contribution in [-0.4, -0.2) is 56.6 Å². The molecule has 2 saturated heterocycles. The van der Waals surface area contributed by atoms with Crippen LogP contribution in [0.25, 0.3) is 6.08 Å². The topological polar surface area (TPSA) is 100 Å². The first-order chi connectivity index (χ1) is 16.9. The van der Waals surface area contributed by atoms with Crippen molar-refractivity contribution >= 4 is 35.3 Å². The number of methoxy groups -OCH3 is 2. The number of carbonyl (C=O) groups excluding carboxylic acids is 3. The molecule has 9 nitrogen and oxygen atoms in total. The average molecular weight is 479 g/mol. The van der Waals surface area contributed by atoms with Crippen LogP contribution in [0.5, 0.6) is 11.5 Å². The average Bonchev–Trinajstić information content (AvgIpc) is 3.49. The van der Waals surface area contributed by atoms with Gasteiger partial charge < -0.3 is 25.0 Å². The van der Waals surface area contributed by atoms with Crippen LogP contribution in [0.15, 0.2) is 42.1 Å². The predicted molar refractivity (Wildman–Crippen MR) is 134 cm³/mol. The molecular formula is C26H30N4O5. The second-order valence-corrected chi connectivity index (χ2v) is 8.40. The number of amides is 4. The van der Waals surface area contributed by atoms with Gasteiger partial charge in [-0.3, -0.25) is 9.59 Å². The number of hydrogen-bond acceptors (Lipinski definition) is 6. The summed E-state index contributed by atoms with van der Waals surface area (Å²) in [5, 5.41) is 5.35. The predicted octanol–water partition coefficient (Wildman–Crippen LogP) is 3.40. The van der Waals surface area contributed by atoms with Gasteiger partial charge in [0.1, 0.15) is 23.7 Å². The third kappa shape index (κ3) is 5.08. The fourth-order valence-corrected chi connectivity index (χ4v) is 4.38. The lowest BCUT2D eigenvalue weighted by molar-refractivity contribution is -0.127. The van der Waals surface area contributed by atoms with Crippen molar-refractivity contribution in [2.24, 2.45) is 0 Å². The van der Waals surface area contributed by atoms with Crippen molar-refractivity contribution in [2.45, 2.75) is 26.2 Å². The Hall–Kier alpha value is -4.01. The molecule has 4 amide bonds. The number of benzene rings is 2. The summed E-state index contributed by atoms with van der Waals surface area (Å²) in [5.41, 5.74) is 3.20. The first-order valence-corrected chi connectivity index (χ1v) is 11.7. The summed E-state index contributed by atoms with van der Waals surface area (Å²) in [6.07, 6.45) is 4.52. The Labute approximate surface area is 204 Å². The highest BCUT2D eigenvalue weighted by Gasteiger charge is 2.35. The first-order valence-electron chi connectivity index (χ1n) is 11.7. The minimum atomic E-state index is -0.653. The van der Waals surface area contributed by atoms with Crippen molar-refractivity contribution in [3.63, 3.8) is 0 Å². The Morgan fingerprint density at radius 3 is 2.49 bits per heavy atom. The van der Waals surface area contributed by atoms with Crippen LogP contribution in [0, 0.1) is 0 Å². The number of nitrogens with zero attached hydrogens (tertiary/aromatic N) is 2. The zero-order chi connectivity index (χ0) is 24.9. The van der Waals surface area contributed by atoms with Gasteiger partial charge in [-0.1, -0.05) is 25.1 Å². The Bertz CT molecular complexity index is 1170. The molecule has 0 saturated carbocycles. The molecule has 2 aliphatic rings. The van der Waals surface area contributed by atoms with E-state index in [0.717, 1.165) is 48.5 Å². The Balaban J connectivity index is 1.53. The van der Waals surface area contributed by atoms with Gasteiger partial charge in [-0.25, -0.2) is 9.69 Å². The number of imide groups is 1. The molecule has 2 aromatic rings. The van der Waals surface area contributed by atoms with E-state index in [4.69, 9.17) is 9.47 Å². The lowest BCUT2D eigenvalue weighted by atomic mass is 10.1. The SMILES string of the molecule is CCc1ccccc1NC(=O)CN1C(=O)N/C(=C/c2cc(OC)c(N3CCCC3)cc2OC)C1=O. The van der Waals surface area contributed by atoms with Crippen molar-refractivity contribution in [1.29, 1.82) is 0 Å². The largest absolute Gasteiger partial charge is 0.496 e. The first kappa shape index (κ1) is 24.1. The van der Waals surface area contributed by atoms with E-state index in [-0.39, 0.29) is 5.70 Å². The van der Waals surface area contributed by atoms with Crippen LogP contribution in [-0.2, 0) is 16.0 Å². The smallest absolute Gasteiger partial charge is 0.329 e. The van der Waals surface area contributed by atoms with E-state index in [1.54, 1.807) is 32.4 Å². The Morgan fingerprint density at radius 2 is 1.80 bits per heavy atom. The number of nitrogens with one attached hydrogen (secondary N) is 2. The van der Waals surface area contributed by atoms with Gasteiger partial charge in [0.15, 0.2) is 0 Å². The van der Waals surface area contributed by atoms with Crippen molar-refractivity contribution < 1.29 is 23.9 Å². The van der Waals surface area contributed by atoms with Crippen molar-refractivity contribution in [2.75, 3.05) is 44.1 Å². The van der Waals surface area contributed by atoms with Crippen LogP contribution < -0.4 is 25.0 Å². The van der Waals surface area contributed by atoms with E-state index >= 15 is 0 Å². The number of carbonyl (C=O) groups is 3. The second-order valence-electron chi connectivity index (χ2n) is 8.40. The number of anilines is 2. The molecule has 35 heavy (non-hydrogen) atoms. The van der Waals surface area contributed by atoms with Crippen molar-refractivity contribution in [3.8, 4) is 11.5 Å². The Kier molecular flexibility index (Phi) is 7.24. The highest BCUT2D eigenvalue weighted by molar-refractivity contribution is 6.16. The molecule has 0 aromatic heterocycles. The summed E-state index contributed by atoms with van der Waals surface area (Å²) < 4.78 is 11.2. The molecule has 2 heterocycles. The van der Waals surface area contributed by atoms with Gasteiger partial charge in [-0.2, -0.15) is 0 Å². The molecule has 2 aliphatic heterocycles. The molecule has 2 N–H and O–H groups in total. The summed E-state index contributed by atoms with van der Waals surface area (Å²) >= 11 is 0. The van der Waals surface area contributed by atoms with E-state index in [1.165, 1.54) is 0 Å². The molecule has 9 heteroatoms. The number of hydrogen-bond donors (Lipinski definition) is 2. The molecule has 0 aliphatic carbocycles. The number of para-hydroxylation sites is 1. The molecule has 4 rings (SSSR count). The van der Waals surface area contributed by atoms with Crippen molar-refractivity contribution in [1.82, 2.24) is 10.2 Å². The molecule has 0 atom stereocenters. The molecular weight excluding hydrogens is 448 g/mol. The summed E-state index contributed by atoms with van der Waals surface area (Å²) in [4.78, 5) is 41.2. The molecule has 0 bridgehead atoms. The zero-order valence-electron chi connectivity index (χ0n) is 20.2. The fourth-order valence-electron chi connectivity index (χ4n) is 4.38. The summed E-state index contributed by atoms with van der Waals surface area (Å²) in [5.74, 6) is 0.167. The third-order valence-corrected chi connectivity index (χ3v) is 6.21. The summed E-state index contributed by atoms with van der Waals surface area (Å²) in [6.45, 7) is 3.47.